The number of halogens is 2. The van der Waals surface area contributed by atoms with E-state index in [1.165, 1.54) is 0 Å². The van der Waals surface area contributed by atoms with Gasteiger partial charge in [0, 0.05) is 0 Å². The molecule has 1 aromatic rings. The van der Waals surface area contributed by atoms with Crippen molar-refractivity contribution in [2.45, 2.75) is 50.5 Å². The summed E-state index contributed by atoms with van der Waals surface area (Å²) >= 11 is 0. The number of aliphatic hydroxyl groups excluding tert-OH is 1. The predicted octanol–water partition coefficient (Wildman–Crippen LogP) is 4.01. The van der Waals surface area contributed by atoms with Gasteiger partial charge in [-0.15, -0.1) is 0 Å². The average Bonchev–Trinajstić information content (AvgIpc) is 2.55. The molecule has 1 aromatic carbocycles. The topological polar surface area (TPSA) is 41.5 Å². The van der Waals surface area contributed by atoms with Crippen molar-refractivity contribution in [3.8, 4) is 0 Å². The van der Waals surface area contributed by atoms with Crippen LogP contribution in [0.2, 0.25) is 18.1 Å². The summed E-state index contributed by atoms with van der Waals surface area (Å²) < 4.78 is 33.0. The van der Waals surface area contributed by atoms with Crippen molar-refractivity contribution in [3.63, 3.8) is 0 Å². The highest BCUT2D eigenvalue weighted by Gasteiger charge is 2.39. The molecule has 0 radical (unpaired) electrons. The zero-order chi connectivity index (χ0) is 18.4. The molecule has 1 atom stereocenters. The molecule has 3 nitrogen and oxygen atoms in total. The Morgan fingerprint density at radius 2 is 1.67 bits per heavy atom. The van der Waals surface area contributed by atoms with Crippen LogP contribution in [0.15, 0.2) is 30.3 Å². The van der Waals surface area contributed by atoms with Gasteiger partial charge in [0.15, 0.2) is 8.32 Å². The summed E-state index contributed by atoms with van der Waals surface area (Å²) in [5.41, 5.74) is -0.701. The molecule has 0 spiro atoms. The molecule has 24 heavy (non-hydrogen) atoms. The van der Waals surface area contributed by atoms with Crippen LogP contribution in [0.25, 0.3) is 0 Å². The first kappa shape index (κ1) is 21.2. The third-order valence-corrected chi connectivity index (χ3v) is 9.41. The number of hydrogen-bond acceptors (Lipinski definition) is 3. The second-order valence-corrected chi connectivity index (χ2v) is 12.7. The van der Waals surface area contributed by atoms with Crippen LogP contribution >= 0.6 is 0 Å². The second kappa shape index (κ2) is 8.51. The van der Waals surface area contributed by atoms with Crippen LogP contribution in [0.3, 0.4) is 0 Å². The molecule has 0 aliphatic carbocycles. The second-order valence-electron chi connectivity index (χ2n) is 7.88. The molecule has 0 fully saturated rings. The SMILES string of the molecule is CC(C)(C)[Si](C)(C)OCC(NC(CO)(CF)CF)c1ccccc1. The molecule has 2 N–H and O–H groups in total. The van der Waals surface area contributed by atoms with E-state index in [1.807, 2.05) is 30.3 Å². The fourth-order valence-corrected chi connectivity index (χ4v) is 3.04. The molecular formula is C18H31F2NO2Si. The molecule has 0 bridgehead atoms. The highest BCUT2D eigenvalue weighted by Crippen LogP contribution is 2.37. The lowest BCUT2D eigenvalue weighted by Crippen LogP contribution is -2.55. The largest absolute Gasteiger partial charge is 0.415 e. The molecule has 1 rings (SSSR count). The van der Waals surface area contributed by atoms with E-state index in [4.69, 9.17) is 4.43 Å². The standard InChI is InChI=1S/C18H31F2NO2Si/c1-17(2,3)24(4,5)23-11-16(15-9-7-6-8-10-15)21-18(12-19,13-20)14-22/h6-10,16,21-22H,11-14H2,1-5H3. The van der Waals surface area contributed by atoms with E-state index < -0.39 is 33.8 Å². The van der Waals surface area contributed by atoms with Crippen LogP contribution in [-0.2, 0) is 4.43 Å². The monoisotopic (exact) mass is 359 g/mol. The maximum absolute atomic E-state index is 13.4. The molecule has 0 aliphatic heterocycles. The Hall–Kier alpha value is -0.823. The lowest BCUT2D eigenvalue weighted by molar-refractivity contribution is 0.0823. The lowest BCUT2D eigenvalue weighted by atomic mass is 10.00. The van der Waals surface area contributed by atoms with Gasteiger partial charge in [0.25, 0.3) is 0 Å². The minimum Gasteiger partial charge on any atom is -0.415 e. The van der Waals surface area contributed by atoms with Gasteiger partial charge in [0.1, 0.15) is 13.3 Å². The van der Waals surface area contributed by atoms with Crippen molar-refractivity contribution < 1.29 is 18.3 Å². The minimum absolute atomic E-state index is 0.0441. The number of aliphatic hydroxyl groups is 1. The Bertz CT molecular complexity index is 479. The van der Waals surface area contributed by atoms with Crippen molar-refractivity contribution in [1.29, 1.82) is 0 Å². The van der Waals surface area contributed by atoms with Gasteiger partial charge in [-0.3, -0.25) is 5.32 Å². The van der Waals surface area contributed by atoms with Crippen LogP contribution in [0.1, 0.15) is 32.4 Å². The Kier molecular flexibility index (Phi) is 7.53. The molecular weight excluding hydrogens is 328 g/mol. The van der Waals surface area contributed by atoms with Crippen molar-refractivity contribution in [2.24, 2.45) is 0 Å². The van der Waals surface area contributed by atoms with Crippen LogP contribution in [0.5, 0.6) is 0 Å². The summed E-state index contributed by atoms with van der Waals surface area (Å²) in [5.74, 6) is 0. The fraction of sp³-hybridized carbons (Fsp3) is 0.667. The van der Waals surface area contributed by atoms with E-state index in [2.05, 4.69) is 39.2 Å². The van der Waals surface area contributed by atoms with Crippen LogP contribution in [0.4, 0.5) is 8.78 Å². The third-order valence-electron chi connectivity index (χ3n) is 4.91. The van der Waals surface area contributed by atoms with Gasteiger partial charge in [0.05, 0.1) is 24.8 Å². The average molecular weight is 360 g/mol. The molecule has 138 valence electrons. The first-order valence-electron chi connectivity index (χ1n) is 8.30. The highest BCUT2D eigenvalue weighted by molar-refractivity contribution is 6.74. The van der Waals surface area contributed by atoms with E-state index in [-0.39, 0.29) is 11.1 Å². The van der Waals surface area contributed by atoms with Gasteiger partial charge in [-0.05, 0) is 23.7 Å². The maximum Gasteiger partial charge on any atom is 0.192 e. The van der Waals surface area contributed by atoms with Crippen molar-refractivity contribution in [2.75, 3.05) is 26.6 Å². The first-order valence-corrected chi connectivity index (χ1v) is 11.2. The Morgan fingerprint density at radius 3 is 2.08 bits per heavy atom. The normalized spacial score (nSPS) is 14.7. The van der Waals surface area contributed by atoms with Gasteiger partial charge in [-0.1, -0.05) is 51.1 Å². The van der Waals surface area contributed by atoms with E-state index in [9.17, 15) is 13.9 Å². The Balaban J connectivity index is 3.00. The van der Waals surface area contributed by atoms with Crippen molar-refractivity contribution in [3.05, 3.63) is 35.9 Å². The summed E-state index contributed by atoms with van der Waals surface area (Å²) in [6.45, 7) is 8.44. The Labute approximate surface area is 145 Å². The van der Waals surface area contributed by atoms with Crippen LogP contribution < -0.4 is 5.32 Å². The number of benzene rings is 1. The van der Waals surface area contributed by atoms with Gasteiger partial charge in [-0.25, -0.2) is 8.78 Å². The maximum atomic E-state index is 13.4. The van der Waals surface area contributed by atoms with Crippen molar-refractivity contribution >= 4 is 8.32 Å². The number of alkyl halides is 2. The summed E-state index contributed by atoms with van der Waals surface area (Å²) in [6, 6.07) is 9.04. The highest BCUT2D eigenvalue weighted by atomic mass is 28.4. The van der Waals surface area contributed by atoms with E-state index >= 15 is 0 Å². The molecule has 0 saturated carbocycles. The van der Waals surface area contributed by atoms with E-state index in [1.54, 1.807) is 0 Å². The smallest absolute Gasteiger partial charge is 0.192 e. The molecule has 0 saturated heterocycles. The minimum atomic E-state index is -2.00. The number of nitrogens with one attached hydrogen (secondary N) is 1. The van der Waals surface area contributed by atoms with Crippen molar-refractivity contribution in [1.82, 2.24) is 5.32 Å². The lowest BCUT2D eigenvalue weighted by Gasteiger charge is -2.39. The van der Waals surface area contributed by atoms with Gasteiger partial charge in [0.2, 0.25) is 0 Å². The predicted molar refractivity (Wildman–Crippen MR) is 97.2 cm³/mol. The first-order chi connectivity index (χ1) is 11.1. The fourth-order valence-electron chi connectivity index (χ4n) is 2.03. The molecule has 1 unspecified atom stereocenters. The van der Waals surface area contributed by atoms with E-state index in [0.29, 0.717) is 6.61 Å². The number of rotatable bonds is 9. The molecule has 0 aliphatic rings. The van der Waals surface area contributed by atoms with Gasteiger partial charge in [-0.2, -0.15) is 0 Å². The summed E-state index contributed by atoms with van der Waals surface area (Å²) in [4.78, 5) is 0. The molecule has 6 heteroatoms. The summed E-state index contributed by atoms with van der Waals surface area (Å²) in [7, 11) is -2.00. The molecule has 0 heterocycles. The zero-order valence-corrected chi connectivity index (χ0v) is 16.4. The van der Waals surface area contributed by atoms with E-state index in [0.717, 1.165) is 5.56 Å². The molecule has 0 aromatic heterocycles. The third kappa shape index (κ3) is 5.34. The zero-order valence-electron chi connectivity index (χ0n) is 15.4. The summed E-state index contributed by atoms with van der Waals surface area (Å²) in [6.07, 6.45) is 0. The Morgan fingerprint density at radius 1 is 1.12 bits per heavy atom. The molecule has 0 amide bonds. The summed E-state index contributed by atoms with van der Waals surface area (Å²) in [5, 5.41) is 12.5. The van der Waals surface area contributed by atoms with Gasteiger partial charge < -0.3 is 9.53 Å². The van der Waals surface area contributed by atoms with Crippen LogP contribution in [-0.4, -0.2) is 45.5 Å². The quantitative estimate of drug-likeness (QED) is 0.655. The number of hydrogen-bond donors (Lipinski definition) is 2. The van der Waals surface area contributed by atoms with Gasteiger partial charge >= 0.3 is 0 Å². The van der Waals surface area contributed by atoms with Crippen LogP contribution in [0, 0.1) is 0 Å².